The van der Waals surface area contributed by atoms with Gasteiger partial charge in [-0.15, -0.1) is 0 Å². The Morgan fingerprint density at radius 3 is 2.59 bits per heavy atom. The fourth-order valence-electron chi connectivity index (χ4n) is 2.40. The molecular weight excluding hydrogens is 210 g/mol. The molecule has 1 aromatic carbocycles. The van der Waals surface area contributed by atoms with Crippen LogP contribution in [0.15, 0.2) is 18.2 Å². The number of amides is 1. The maximum absolute atomic E-state index is 11.9. The highest BCUT2D eigenvalue weighted by molar-refractivity contribution is 5.81. The minimum Gasteiger partial charge on any atom is -0.349 e. The molecule has 1 aromatic rings. The van der Waals surface area contributed by atoms with Gasteiger partial charge in [-0.3, -0.25) is 4.79 Å². The number of rotatable bonds is 3. The lowest BCUT2D eigenvalue weighted by Crippen LogP contribution is -2.28. The normalized spacial score (nSPS) is 24.2. The minimum absolute atomic E-state index is 0.107. The van der Waals surface area contributed by atoms with Gasteiger partial charge >= 0.3 is 0 Å². The minimum atomic E-state index is 0.107. The highest BCUT2D eigenvalue weighted by Crippen LogP contribution is 2.38. The summed E-state index contributed by atoms with van der Waals surface area (Å²) in [4.78, 5) is 11.9. The summed E-state index contributed by atoms with van der Waals surface area (Å²) < 4.78 is 0. The van der Waals surface area contributed by atoms with Crippen molar-refractivity contribution in [2.75, 3.05) is 0 Å². The summed E-state index contributed by atoms with van der Waals surface area (Å²) in [6, 6.07) is 6.49. The van der Waals surface area contributed by atoms with Gasteiger partial charge in [0.25, 0.3) is 0 Å². The Bertz CT molecular complexity index is 439. The topological polar surface area (TPSA) is 29.1 Å². The van der Waals surface area contributed by atoms with Gasteiger partial charge in [-0.1, -0.05) is 30.7 Å². The summed E-state index contributed by atoms with van der Waals surface area (Å²) in [5.41, 5.74) is 3.74. The zero-order valence-corrected chi connectivity index (χ0v) is 11.1. The van der Waals surface area contributed by atoms with E-state index < -0.39 is 0 Å². The molecule has 0 heterocycles. The number of aryl methyl sites for hydroxylation is 2. The molecule has 0 aliphatic heterocycles. The Hall–Kier alpha value is -1.31. The largest absolute Gasteiger partial charge is 0.349 e. The molecule has 1 fully saturated rings. The first-order chi connectivity index (χ1) is 7.99. The molecule has 92 valence electrons. The number of hydrogen-bond donors (Lipinski definition) is 1. The van der Waals surface area contributed by atoms with E-state index >= 15 is 0 Å². The molecule has 0 radical (unpaired) electrons. The van der Waals surface area contributed by atoms with Gasteiger partial charge in [-0.2, -0.15) is 0 Å². The van der Waals surface area contributed by atoms with E-state index in [1.54, 1.807) is 0 Å². The molecule has 1 N–H and O–H groups in total. The highest BCUT2D eigenvalue weighted by atomic mass is 16.2. The second-order valence-corrected chi connectivity index (χ2v) is 5.41. The van der Waals surface area contributed by atoms with E-state index in [1.807, 2.05) is 0 Å². The molecule has 0 bridgehead atoms. The van der Waals surface area contributed by atoms with Crippen LogP contribution >= 0.6 is 0 Å². The van der Waals surface area contributed by atoms with Crippen molar-refractivity contribution in [3.63, 3.8) is 0 Å². The monoisotopic (exact) mass is 231 g/mol. The van der Waals surface area contributed by atoms with E-state index in [9.17, 15) is 4.79 Å². The summed E-state index contributed by atoms with van der Waals surface area (Å²) in [5, 5.41) is 3.11. The predicted octanol–water partition coefficient (Wildman–Crippen LogP) is 3.14. The number of carbonyl (C=O) groups excluding carboxylic acids is 1. The van der Waals surface area contributed by atoms with Gasteiger partial charge in [0, 0.05) is 5.92 Å². The lowest BCUT2D eigenvalue weighted by Gasteiger charge is -2.17. The molecule has 17 heavy (non-hydrogen) atoms. The van der Waals surface area contributed by atoms with Crippen molar-refractivity contribution in [3.8, 4) is 0 Å². The first-order valence-corrected chi connectivity index (χ1v) is 6.36. The van der Waals surface area contributed by atoms with Crippen molar-refractivity contribution < 1.29 is 4.79 Å². The molecule has 1 aliphatic carbocycles. The second kappa shape index (κ2) is 4.52. The highest BCUT2D eigenvalue weighted by Gasteiger charge is 2.39. The Kier molecular flexibility index (Phi) is 3.23. The first kappa shape index (κ1) is 12.2. The van der Waals surface area contributed by atoms with Crippen LogP contribution in [0, 0.1) is 25.7 Å². The molecule has 1 aliphatic rings. The quantitative estimate of drug-likeness (QED) is 0.850. The van der Waals surface area contributed by atoms with Crippen LogP contribution in [0.4, 0.5) is 0 Å². The average molecular weight is 231 g/mol. The second-order valence-electron chi connectivity index (χ2n) is 5.41. The van der Waals surface area contributed by atoms with Gasteiger partial charge in [-0.25, -0.2) is 0 Å². The Morgan fingerprint density at radius 1 is 1.41 bits per heavy atom. The Balaban J connectivity index is 2.04. The van der Waals surface area contributed by atoms with Gasteiger partial charge < -0.3 is 5.32 Å². The van der Waals surface area contributed by atoms with Crippen LogP contribution in [-0.2, 0) is 4.79 Å². The summed E-state index contributed by atoms with van der Waals surface area (Å²) in [5.74, 6) is 1.04. The van der Waals surface area contributed by atoms with E-state index in [4.69, 9.17) is 0 Å². The number of nitrogens with one attached hydrogen (secondary N) is 1. The number of hydrogen-bond acceptors (Lipinski definition) is 1. The molecule has 2 rings (SSSR count). The summed E-state index contributed by atoms with van der Waals surface area (Å²) in [6.45, 7) is 8.38. The van der Waals surface area contributed by atoms with Crippen LogP contribution in [0.2, 0.25) is 0 Å². The Morgan fingerprint density at radius 2 is 2.06 bits per heavy atom. The zero-order valence-electron chi connectivity index (χ0n) is 11.1. The average Bonchev–Trinajstić information content (AvgIpc) is 2.95. The third-order valence-corrected chi connectivity index (χ3v) is 3.70. The molecule has 0 spiro atoms. The van der Waals surface area contributed by atoms with Crippen LogP contribution in [0.3, 0.4) is 0 Å². The Labute approximate surface area is 103 Å². The maximum Gasteiger partial charge on any atom is 0.223 e. The number of benzene rings is 1. The fourth-order valence-corrected chi connectivity index (χ4v) is 2.40. The van der Waals surface area contributed by atoms with Crippen molar-refractivity contribution in [1.29, 1.82) is 0 Å². The van der Waals surface area contributed by atoms with Crippen LogP contribution in [0.5, 0.6) is 0 Å². The summed E-state index contributed by atoms with van der Waals surface area (Å²) in [7, 11) is 0. The van der Waals surface area contributed by atoms with E-state index in [0.29, 0.717) is 5.92 Å². The molecule has 1 saturated carbocycles. The van der Waals surface area contributed by atoms with Crippen LogP contribution in [0.1, 0.15) is 43.0 Å². The summed E-state index contributed by atoms with van der Waals surface area (Å²) >= 11 is 0. The first-order valence-electron chi connectivity index (χ1n) is 6.36. The van der Waals surface area contributed by atoms with E-state index in [1.165, 1.54) is 16.7 Å². The SMILES string of the molecule is Cc1ccc(C(C)NC(=O)C2CC2C)c(C)c1. The molecular formula is C15H21NO. The third kappa shape index (κ3) is 2.68. The lowest BCUT2D eigenvalue weighted by molar-refractivity contribution is -0.123. The van der Waals surface area contributed by atoms with Crippen molar-refractivity contribution in [3.05, 3.63) is 34.9 Å². The lowest BCUT2D eigenvalue weighted by atomic mass is 10.00. The van der Waals surface area contributed by atoms with Gasteiger partial charge in [0.05, 0.1) is 6.04 Å². The molecule has 0 aromatic heterocycles. The molecule has 3 atom stereocenters. The van der Waals surface area contributed by atoms with E-state index in [2.05, 4.69) is 51.2 Å². The van der Waals surface area contributed by atoms with Crippen molar-refractivity contribution in [2.24, 2.45) is 11.8 Å². The van der Waals surface area contributed by atoms with Crippen LogP contribution < -0.4 is 5.32 Å². The molecule has 1 amide bonds. The van der Waals surface area contributed by atoms with Crippen molar-refractivity contribution >= 4 is 5.91 Å². The standard InChI is InChI=1S/C15H21NO/c1-9-5-6-13(10(2)7-9)12(4)16-15(17)14-8-11(14)3/h5-7,11-12,14H,8H2,1-4H3,(H,16,17). The van der Waals surface area contributed by atoms with Crippen molar-refractivity contribution in [1.82, 2.24) is 5.32 Å². The van der Waals surface area contributed by atoms with Crippen LogP contribution in [0.25, 0.3) is 0 Å². The van der Waals surface area contributed by atoms with Crippen LogP contribution in [-0.4, -0.2) is 5.91 Å². The molecule has 2 nitrogen and oxygen atoms in total. The molecule has 2 heteroatoms. The van der Waals surface area contributed by atoms with Gasteiger partial charge in [0.15, 0.2) is 0 Å². The van der Waals surface area contributed by atoms with E-state index in [-0.39, 0.29) is 17.9 Å². The molecule has 3 unspecified atom stereocenters. The predicted molar refractivity (Wildman–Crippen MR) is 69.7 cm³/mol. The summed E-state index contributed by atoms with van der Waals surface area (Å²) in [6.07, 6.45) is 1.05. The van der Waals surface area contributed by atoms with E-state index in [0.717, 1.165) is 6.42 Å². The van der Waals surface area contributed by atoms with Gasteiger partial charge in [-0.05, 0) is 44.2 Å². The van der Waals surface area contributed by atoms with Crippen molar-refractivity contribution in [2.45, 2.75) is 40.2 Å². The van der Waals surface area contributed by atoms with Gasteiger partial charge in [0.2, 0.25) is 5.91 Å². The molecule has 0 saturated heterocycles. The smallest absolute Gasteiger partial charge is 0.223 e. The van der Waals surface area contributed by atoms with Gasteiger partial charge in [0.1, 0.15) is 0 Å². The number of carbonyl (C=O) groups is 1. The fraction of sp³-hybridized carbons (Fsp3) is 0.533. The zero-order chi connectivity index (χ0) is 12.6. The maximum atomic E-state index is 11.9. The third-order valence-electron chi connectivity index (χ3n) is 3.70.